The van der Waals surface area contributed by atoms with Crippen LogP contribution in [0.3, 0.4) is 0 Å². The Morgan fingerprint density at radius 2 is 1.17 bits per heavy atom. The second-order valence-corrected chi connectivity index (χ2v) is 12.4. The maximum absolute atomic E-state index is 13.8. The van der Waals surface area contributed by atoms with Crippen LogP contribution in [0.2, 0.25) is 10.0 Å². The van der Waals surface area contributed by atoms with Crippen LogP contribution in [0.4, 0.5) is 5.69 Å². The molecule has 244 valence electrons. The summed E-state index contributed by atoms with van der Waals surface area (Å²) in [6, 6.07) is 23.3. The molecule has 11 nitrogen and oxygen atoms in total. The second-order valence-electron chi connectivity index (χ2n) is 9.63. The fourth-order valence-corrected chi connectivity index (χ4v) is 5.72. The second kappa shape index (κ2) is 16.1. The number of hydrogen-bond donors (Lipinski definition) is 0. The standard InChI is InChI=1S/C33H27Cl2NO10S/c1-43-31-5-3-2-4-28(31)36(18-32(39)45-19-29(37)22-6-10-24(34)11-7-22)47(41,42)27-16-14-26(15-17-27)44-21-33(40)46-20-30(38)23-8-12-25(35)13-9-23/h2-17H,18-21H2,1H3. The van der Waals surface area contributed by atoms with Gasteiger partial charge < -0.3 is 18.9 Å². The topological polar surface area (TPSA) is 143 Å². The third kappa shape index (κ3) is 9.55. The number of esters is 2. The summed E-state index contributed by atoms with van der Waals surface area (Å²) in [5, 5.41) is 0.886. The first-order valence-electron chi connectivity index (χ1n) is 13.8. The summed E-state index contributed by atoms with van der Waals surface area (Å²) in [4.78, 5) is 49.4. The van der Waals surface area contributed by atoms with E-state index in [-0.39, 0.29) is 27.6 Å². The van der Waals surface area contributed by atoms with Crippen molar-refractivity contribution >= 4 is 62.4 Å². The Morgan fingerprint density at radius 1 is 0.660 bits per heavy atom. The number of Topliss-reactive ketones (excluding diaryl/α,β-unsaturated/α-hetero) is 2. The normalized spacial score (nSPS) is 10.9. The molecule has 0 fully saturated rings. The number of rotatable bonds is 15. The van der Waals surface area contributed by atoms with Gasteiger partial charge in [0, 0.05) is 21.2 Å². The number of anilines is 1. The molecule has 0 aliphatic heterocycles. The SMILES string of the molecule is COc1ccccc1N(CC(=O)OCC(=O)c1ccc(Cl)cc1)S(=O)(=O)c1ccc(OCC(=O)OCC(=O)c2ccc(Cl)cc2)cc1. The van der Waals surface area contributed by atoms with Gasteiger partial charge in [-0.25, -0.2) is 13.2 Å². The number of hydrogen-bond acceptors (Lipinski definition) is 10. The zero-order valence-corrected chi connectivity index (χ0v) is 27.1. The van der Waals surface area contributed by atoms with Gasteiger partial charge in [-0.3, -0.25) is 18.7 Å². The first-order valence-corrected chi connectivity index (χ1v) is 15.9. The summed E-state index contributed by atoms with van der Waals surface area (Å²) < 4.78 is 49.2. The lowest BCUT2D eigenvalue weighted by Crippen LogP contribution is -2.37. The van der Waals surface area contributed by atoms with Crippen LogP contribution in [0.1, 0.15) is 20.7 Å². The zero-order chi connectivity index (χ0) is 34.0. The molecule has 0 atom stereocenters. The van der Waals surface area contributed by atoms with Crippen LogP contribution in [0.25, 0.3) is 0 Å². The van der Waals surface area contributed by atoms with Gasteiger partial charge in [0.15, 0.2) is 31.4 Å². The summed E-state index contributed by atoms with van der Waals surface area (Å²) >= 11 is 11.7. The predicted octanol–water partition coefficient (Wildman–Crippen LogP) is 5.43. The highest BCUT2D eigenvalue weighted by atomic mass is 35.5. The molecule has 4 aromatic carbocycles. The van der Waals surface area contributed by atoms with Crippen LogP contribution in [0.15, 0.2) is 102 Å². The molecule has 0 aromatic heterocycles. The van der Waals surface area contributed by atoms with Crippen LogP contribution in [0.5, 0.6) is 11.5 Å². The lowest BCUT2D eigenvalue weighted by molar-refractivity contribution is -0.145. The number of ether oxygens (including phenoxy) is 4. The molecule has 0 bridgehead atoms. The molecule has 4 rings (SSSR count). The van der Waals surface area contributed by atoms with Gasteiger partial charge in [0.25, 0.3) is 10.0 Å². The largest absolute Gasteiger partial charge is 0.495 e. The molecule has 0 saturated carbocycles. The first kappa shape index (κ1) is 35.0. The fourth-order valence-electron chi connectivity index (χ4n) is 4.05. The van der Waals surface area contributed by atoms with Gasteiger partial charge in [0.2, 0.25) is 0 Å². The van der Waals surface area contributed by atoms with Crippen molar-refractivity contribution in [3.8, 4) is 11.5 Å². The van der Waals surface area contributed by atoms with Gasteiger partial charge in [-0.05, 0) is 84.9 Å². The molecule has 0 N–H and O–H groups in total. The van der Waals surface area contributed by atoms with Gasteiger partial charge >= 0.3 is 11.9 Å². The molecule has 4 aromatic rings. The Hall–Kier alpha value is -4.91. The van der Waals surface area contributed by atoms with Crippen molar-refractivity contribution in [1.29, 1.82) is 0 Å². The molecule has 0 spiro atoms. The number of carbonyl (C=O) groups is 4. The molecule has 0 aliphatic carbocycles. The first-order chi connectivity index (χ1) is 22.5. The number of para-hydroxylation sites is 2. The minimum absolute atomic E-state index is 0.0483. The summed E-state index contributed by atoms with van der Waals surface area (Å²) in [5.74, 6) is -2.45. The van der Waals surface area contributed by atoms with Gasteiger partial charge in [-0.1, -0.05) is 35.3 Å². The van der Waals surface area contributed by atoms with Crippen molar-refractivity contribution in [2.45, 2.75) is 4.90 Å². The van der Waals surface area contributed by atoms with E-state index in [1.54, 1.807) is 12.1 Å². The molecule has 0 radical (unpaired) electrons. The predicted molar refractivity (Wildman–Crippen MR) is 173 cm³/mol. The Labute approximate surface area is 280 Å². The van der Waals surface area contributed by atoms with E-state index in [1.807, 2.05) is 0 Å². The average molecular weight is 701 g/mol. The van der Waals surface area contributed by atoms with Crippen molar-refractivity contribution in [2.75, 3.05) is 37.8 Å². The van der Waals surface area contributed by atoms with Gasteiger partial charge in [-0.2, -0.15) is 0 Å². The number of nitrogens with zero attached hydrogens (tertiary/aromatic N) is 1. The van der Waals surface area contributed by atoms with Crippen LogP contribution < -0.4 is 13.8 Å². The molecule has 0 aliphatic rings. The molecule has 0 heterocycles. The van der Waals surface area contributed by atoms with E-state index < -0.39 is 59.9 Å². The lowest BCUT2D eigenvalue weighted by atomic mass is 10.1. The maximum atomic E-state index is 13.8. The molecular weight excluding hydrogens is 673 g/mol. The van der Waals surface area contributed by atoms with Gasteiger partial charge in [0.1, 0.15) is 18.0 Å². The Morgan fingerprint density at radius 3 is 1.70 bits per heavy atom. The number of carbonyl (C=O) groups excluding carboxylic acids is 4. The van der Waals surface area contributed by atoms with Crippen molar-refractivity contribution in [3.63, 3.8) is 0 Å². The smallest absolute Gasteiger partial charge is 0.344 e. The third-order valence-corrected chi connectivity index (χ3v) is 8.73. The van der Waals surface area contributed by atoms with Crippen molar-refractivity contribution < 1.29 is 46.5 Å². The number of ketones is 2. The average Bonchev–Trinajstić information content (AvgIpc) is 3.08. The lowest BCUT2D eigenvalue weighted by Gasteiger charge is -2.25. The zero-order valence-electron chi connectivity index (χ0n) is 24.8. The number of sulfonamides is 1. The third-order valence-electron chi connectivity index (χ3n) is 6.46. The Bertz CT molecular complexity index is 1850. The minimum atomic E-state index is -4.41. The minimum Gasteiger partial charge on any atom is -0.495 e. The monoisotopic (exact) mass is 699 g/mol. The fraction of sp³-hybridized carbons (Fsp3) is 0.152. The molecular formula is C33H27Cl2NO10S. The number of methoxy groups -OCH3 is 1. The van der Waals surface area contributed by atoms with Crippen molar-refractivity contribution in [3.05, 3.63) is 118 Å². The van der Waals surface area contributed by atoms with Gasteiger partial charge in [0.05, 0.1) is 17.7 Å². The summed E-state index contributed by atoms with van der Waals surface area (Å²) in [5.41, 5.74) is 0.632. The maximum Gasteiger partial charge on any atom is 0.344 e. The van der Waals surface area contributed by atoms with Crippen LogP contribution >= 0.6 is 23.2 Å². The Balaban J connectivity index is 1.41. The molecule has 0 saturated heterocycles. The van der Waals surface area contributed by atoms with E-state index in [9.17, 15) is 27.6 Å². The van der Waals surface area contributed by atoms with Crippen molar-refractivity contribution in [2.24, 2.45) is 0 Å². The summed E-state index contributed by atoms with van der Waals surface area (Å²) in [7, 11) is -3.07. The molecule has 47 heavy (non-hydrogen) atoms. The molecule has 14 heteroatoms. The van der Waals surface area contributed by atoms with Crippen molar-refractivity contribution in [1.82, 2.24) is 0 Å². The van der Waals surface area contributed by atoms with Gasteiger partial charge in [-0.15, -0.1) is 0 Å². The summed E-state index contributed by atoms with van der Waals surface area (Å²) in [6.45, 7) is -2.45. The van der Waals surface area contributed by atoms with E-state index >= 15 is 0 Å². The Kier molecular flexibility index (Phi) is 12.0. The van der Waals surface area contributed by atoms with Crippen LogP contribution in [-0.2, 0) is 29.1 Å². The van der Waals surface area contributed by atoms with E-state index in [0.717, 1.165) is 4.31 Å². The highest BCUT2D eigenvalue weighted by molar-refractivity contribution is 7.92. The number of halogens is 2. The van der Waals surface area contributed by atoms with Crippen LogP contribution in [0, 0.1) is 0 Å². The quantitative estimate of drug-likeness (QED) is 0.116. The molecule has 0 amide bonds. The van der Waals surface area contributed by atoms with Crippen LogP contribution in [-0.4, -0.2) is 65.4 Å². The van der Waals surface area contributed by atoms with E-state index in [4.69, 9.17) is 42.1 Å². The summed E-state index contributed by atoms with van der Waals surface area (Å²) in [6.07, 6.45) is 0. The van der Waals surface area contributed by atoms with E-state index in [0.29, 0.717) is 15.6 Å². The highest BCUT2D eigenvalue weighted by Crippen LogP contribution is 2.32. The highest BCUT2D eigenvalue weighted by Gasteiger charge is 2.30. The van der Waals surface area contributed by atoms with E-state index in [2.05, 4.69) is 0 Å². The van der Waals surface area contributed by atoms with E-state index in [1.165, 1.54) is 92.0 Å². The molecule has 0 unspecified atom stereocenters. The number of benzene rings is 4.